The van der Waals surface area contributed by atoms with Crippen LogP contribution in [0.25, 0.3) is 0 Å². The molecule has 0 aromatic heterocycles. The van der Waals surface area contributed by atoms with Crippen LogP contribution in [-0.4, -0.2) is 32.5 Å². The summed E-state index contributed by atoms with van der Waals surface area (Å²) in [6.45, 7) is 0. The average molecular weight is 251 g/mol. The van der Waals surface area contributed by atoms with Gasteiger partial charge in [0.05, 0.1) is 11.8 Å². The van der Waals surface area contributed by atoms with E-state index in [2.05, 4.69) is 0 Å². The molecule has 0 radical (unpaired) electrons. The van der Waals surface area contributed by atoms with Crippen LogP contribution in [0.5, 0.6) is 0 Å². The number of carbonyl (C=O) groups excluding carboxylic acids is 2. The standard InChI is InChI=1S/C8H7F2NO4S/c1-16(14,15)11-8(13)4-2-3-5(9)7(12)6(4)10/h2-3,6H,1H3,(H,11,13). The third kappa shape index (κ3) is 2.72. The summed E-state index contributed by atoms with van der Waals surface area (Å²) in [5.74, 6) is -4.10. The van der Waals surface area contributed by atoms with E-state index in [-0.39, 0.29) is 0 Å². The number of sulfonamides is 1. The summed E-state index contributed by atoms with van der Waals surface area (Å²) >= 11 is 0. The lowest BCUT2D eigenvalue weighted by molar-refractivity contribution is -0.123. The number of ketones is 1. The van der Waals surface area contributed by atoms with Crippen molar-refractivity contribution < 1.29 is 26.8 Å². The van der Waals surface area contributed by atoms with Crippen molar-refractivity contribution >= 4 is 21.7 Å². The van der Waals surface area contributed by atoms with Crippen LogP contribution in [0.3, 0.4) is 0 Å². The highest BCUT2D eigenvalue weighted by molar-refractivity contribution is 7.89. The molecule has 0 aromatic carbocycles. The SMILES string of the molecule is CS(=O)(=O)NC(=O)C1=CC=C(F)C(=O)C1F. The van der Waals surface area contributed by atoms with Gasteiger partial charge in [0.25, 0.3) is 5.91 Å². The Morgan fingerprint density at radius 1 is 1.44 bits per heavy atom. The van der Waals surface area contributed by atoms with E-state index in [1.807, 2.05) is 0 Å². The molecule has 0 saturated carbocycles. The Balaban J connectivity index is 2.98. The van der Waals surface area contributed by atoms with Crippen LogP contribution < -0.4 is 4.72 Å². The minimum absolute atomic E-state index is 0.607. The number of hydrogen-bond acceptors (Lipinski definition) is 4. The number of allylic oxidation sites excluding steroid dienone is 3. The molecule has 0 bridgehead atoms. The molecule has 1 N–H and O–H groups in total. The lowest BCUT2D eigenvalue weighted by Crippen LogP contribution is -2.36. The smallest absolute Gasteiger partial charge is 0.264 e. The summed E-state index contributed by atoms with van der Waals surface area (Å²) in [4.78, 5) is 22.0. The van der Waals surface area contributed by atoms with Gasteiger partial charge < -0.3 is 0 Å². The van der Waals surface area contributed by atoms with Crippen LogP contribution in [0, 0.1) is 0 Å². The van der Waals surface area contributed by atoms with Gasteiger partial charge in [0, 0.05) is 0 Å². The maximum Gasteiger partial charge on any atom is 0.264 e. The summed E-state index contributed by atoms with van der Waals surface area (Å²) in [5, 5.41) is 0. The first-order chi connectivity index (χ1) is 7.22. The van der Waals surface area contributed by atoms with Crippen molar-refractivity contribution in [3.05, 3.63) is 23.6 Å². The van der Waals surface area contributed by atoms with E-state index < -0.39 is 39.3 Å². The van der Waals surface area contributed by atoms with Gasteiger partial charge in [0.2, 0.25) is 15.8 Å². The fraction of sp³-hybridized carbons (Fsp3) is 0.250. The van der Waals surface area contributed by atoms with Crippen molar-refractivity contribution in [2.75, 3.05) is 6.26 Å². The molecule has 0 aromatic rings. The lowest BCUT2D eigenvalue weighted by atomic mass is 10.0. The number of halogens is 2. The number of alkyl halides is 1. The third-order valence-corrected chi connectivity index (χ3v) is 2.24. The van der Waals surface area contributed by atoms with Gasteiger partial charge in [-0.2, -0.15) is 0 Å². The van der Waals surface area contributed by atoms with Crippen molar-refractivity contribution in [1.29, 1.82) is 0 Å². The number of carbonyl (C=O) groups is 2. The van der Waals surface area contributed by atoms with Gasteiger partial charge in [-0.15, -0.1) is 0 Å². The molecule has 0 saturated heterocycles. The number of nitrogens with one attached hydrogen (secondary N) is 1. The summed E-state index contributed by atoms with van der Waals surface area (Å²) in [6.07, 6.45) is -0.455. The molecular weight excluding hydrogens is 244 g/mol. The topological polar surface area (TPSA) is 80.3 Å². The van der Waals surface area contributed by atoms with Gasteiger partial charge in [-0.3, -0.25) is 9.59 Å². The predicted molar refractivity (Wildman–Crippen MR) is 50.2 cm³/mol. The average Bonchev–Trinajstić information content (AvgIpc) is 2.11. The fourth-order valence-corrected chi connectivity index (χ4v) is 1.46. The van der Waals surface area contributed by atoms with Gasteiger partial charge in [-0.05, 0) is 12.2 Å². The minimum atomic E-state index is -3.86. The summed E-state index contributed by atoms with van der Waals surface area (Å²) < 4.78 is 48.6. The van der Waals surface area contributed by atoms with E-state index in [4.69, 9.17) is 0 Å². The Hall–Kier alpha value is -1.57. The monoisotopic (exact) mass is 251 g/mol. The minimum Gasteiger partial charge on any atom is -0.288 e. The largest absolute Gasteiger partial charge is 0.288 e. The van der Waals surface area contributed by atoms with E-state index >= 15 is 0 Å². The van der Waals surface area contributed by atoms with E-state index in [0.29, 0.717) is 12.3 Å². The molecule has 1 aliphatic carbocycles. The summed E-state index contributed by atoms with van der Waals surface area (Å²) in [7, 11) is -3.86. The number of hydrogen-bond donors (Lipinski definition) is 1. The molecule has 8 heteroatoms. The second-order valence-corrected chi connectivity index (χ2v) is 4.82. The molecule has 88 valence electrons. The van der Waals surface area contributed by atoms with Crippen LogP contribution >= 0.6 is 0 Å². The Bertz CT molecular complexity index is 506. The second-order valence-electron chi connectivity index (χ2n) is 3.07. The zero-order chi connectivity index (χ0) is 12.5. The normalized spacial score (nSPS) is 21.2. The first-order valence-electron chi connectivity index (χ1n) is 4.00. The van der Waals surface area contributed by atoms with E-state index in [9.17, 15) is 26.8 Å². The Kier molecular flexibility index (Phi) is 3.22. The van der Waals surface area contributed by atoms with Gasteiger partial charge in [0.1, 0.15) is 0 Å². The van der Waals surface area contributed by atoms with Gasteiger partial charge in [-0.25, -0.2) is 21.9 Å². The van der Waals surface area contributed by atoms with Crippen LogP contribution in [0.4, 0.5) is 8.78 Å². The first kappa shape index (κ1) is 12.5. The van der Waals surface area contributed by atoms with Gasteiger partial charge in [0.15, 0.2) is 12.0 Å². The maximum atomic E-state index is 13.2. The maximum absolute atomic E-state index is 13.2. The van der Waals surface area contributed by atoms with E-state index in [1.54, 1.807) is 0 Å². The molecule has 1 rings (SSSR count). The van der Waals surface area contributed by atoms with Crippen LogP contribution in [0.15, 0.2) is 23.6 Å². The van der Waals surface area contributed by atoms with Crippen molar-refractivity contribution in [3.8, 4) is 0 Å². The lowest BCUT2D eigenvalue weighted by Gasteiger charge is -2.13. The molecule has 0 aliphatic heterocycles. The highest BCUT2D eigenvalue weighted by Crippen LogP contribution is 2.19. The van der Waals surface area contributed by atoms with E-state index in [1.165, 1.54) is 4.72 Å². The molecule has 0 heterocycles. The van der Waals surface area contributed by atoms with Crippen LogP contribution in [0.2, 0.25) is 0 Å². The highest BCUT2D eigenvalue weighted by atomic mass is 32.2. The van der Waals surface area contributed by atoms with Crippen molar-refractivity contribution in [3.63, 3.8) is 0 Å². The second kappa shape index (κ2) is 4.12. The quantitative estimate of drug-likeness (QED) is 0.734. The molecule has 16 heavy (non-hydrogen) atoms. The molecule has 0 fully saturated rings. The first-order valence-corrected chi connectivity index (χ1v) is 5.89. The van der Waals surface area contributed by atoms with Crippen molar-refractivity contribution in [1.82, 2.24) is 4.72 Å². The molecule has 5 nitrogen and oxygen atoms in total. The van der Waals surface area contributed by atoms with E-state index in [0.717, 1.165) is 6.08 Å². The summed E-state index contributed by atoms with van der Waals surface area (Å²) in [6, 6.07) is 0. The molecule has 1 aliphatic rings. The molecule has 1 amide bonds. The summed E-state index contributed by atoms with van der Waals surface area (Å²) in [5.41, 5.74) is -0.739. The Labute approximate surface area is 89.9 Å². The fourth-order valence-electron chi connectivity index (χ4n) is 1.01. The predicted octanol–water partition coefficient (Wildman–Crippen LogP) is -0.237. The number of Topliss-reactive ketones (excluding diaryl/α,β-unsaturated/α-hetero) is 1. The Morgan fingerprint density at radius 3 is 2.50 bits per heavy atom. The molecule has 1 unspecified atom stereocenters. The van der Waals surface area contributed by atoms with Crippen LogP contribution in [0.1, 0.15) is 0 Å². The highest BCUT2D eigenvalue weighted by Gasteiger charge is 2.33. The molecular formula is C8H7F2NO4S. The van der Waals surface area contributed by atoms with Gasteiger partial charge in [-0.1, -0.05) is 0 Å². The third-order valence-electron chi connectivity index (χ3n) is 1.69. The Morgan fingerprint density at radius 2 is 2.00 bits per heavy atom. The number of rotatable bonds is 2. The van der Waals surface area contributed by atoms with Crippen molar-refractivity contribution in [2.24, 2.45) is 0 Å². The van der Waals surface area contributed by atoms with Crippen molar-refractivity contribution in [2.45, 2.75) is 6.17 Å². The van der Waals surface area contributed by atoms with Gasteiger partial charge >= 0.3 is 0 Å². The zero-order valence-electron chi connectivity index (χ0n) is 8.03. The molecule has 1 atom stereocenters. The molecule has 0 spiro atoms. The number of amides is 1. The zero-order valence-corrected chi connectivity index (χ0v) is 8.85. The van der Waals surface area contributed by atoms with Crippen LogP contribution in [-0.2, 0) is 19.6 Å².